The lowest BCUT2D eigenvalue weighted by atomic mass is 10.00. The Hall–Kier alpha value is -3.52. The summed E-state index contributed by atoms with van der Waals surface area (Å²) in [6.07, 6.45) is 0.739. The van der Waals surface area contributed by atoms with Crippen molar-refractivity contribution >= 4 is 21.6 Å². The molecule has 1 heterocycles. The SMILES string of the molecule is COc1ccc(N(CC(=O)N2CCc3ccccc3C2)S(=O)(=O)c2ccc(C)cc2)cc1OC. The van der Waals surface area contributed by atoms with Gasteiger partial charge in [0.15, 0.2) is 11.5 Å². The largest absolute Gasteiger partial charge is 0.493 e. The van der Waals surface area contributed by atoms with Crippen LogP contribution in [0.2, 0.25) is 0 Å². The Morgan fingerprint density at radius 1 is 0.941 bits per heavy atom. The van der Waals surface area contributed by atoms with Crippen molar-refractivity contribution in [3.05, 3.63) is 83.4 Å². The quantitative estimate of drug-likeness (QED) is 0.514. The van der Waals surface area contributed by atoms with Crippen LogP contribution in [0.3, 0.4) is 0 Å². The number of amides is 1. The molecule has 4 rings (SSSR count). The Morgan fingerprint density at radius 2 is 1.62 bits per heavy atom. The number of aryl methyl sites for hydroxylation is 1. The summed E-state index contributed by atoms with van der Waals surface area (Å²) in [6, 6.07) is 19.4. The lowest BCUT2D eigenvalue weighted by molar-refractivity contribution is -0.130. The van der Waals surface area contributed by atoms with E-state index in [1.165, 1.54) is 19.8 Å². The maximum absolute atomic E-state index is 13.7. The molecule has 34 heavy (non-hydrogen) atoms. The number of hydrogen-bond acceptors (Lipinski definition) is 5. The Kier molecular flexibility index (Phi) is 6.79. The molecule has 0 saturated carbocycles. The number of anilines is 1. The summed E-state index contributed by atoms with van der Waals surface area (Å²) in [5.74, 6) is 0.585. The average molecular weight is 481 g/mol. The second-order valence-electron chi connectivity index (χ2n) is 8.20. The van der Waals surface area contributed by atoms with E-state index in [0.29, 0.717) is 30.3 Å². The topological polar surface area (TPSA) is 76.2 Å². The second kappa shape index (κ2) is 9.77. The zero-order valence-electron chi connectivity index (χ0n) is 19.5. The van der Waals surface area contributed by atoms with Crippen molar-refractivity contribution in [3.8, 4) is 11.5 Å². The van der Waals surface area contributed by atoms with E-state index in [2.05, 4.69) is 6.07 Å². The fraction of sp³-hybridized carbons (Fsp3) is 0.269. The number of carbonyl (C=O) groups is 1. The zero-order valence-corrected chi connectivity index (χ0v) is 20.3. The minimum atomic E-state index is -4.02. The minimum Gasteiger partial charge on any atom is -0.493 e. The summed E-state index contributed by atoms with van der Waals surface area (Å²) in [6.45, 7) is 2.56. The Morgan fingerprint density at radius 3 is 2.29 bits per heavy atom. The van der Waals surface area contributed by atoms with Gasteiger partial charge in [-0.15, -0.1) is 0 Å². The number of benzene rings is 3. The van der Waals surface area contributed by atoms with E-state index in [0.717, 1.165) is 21.9 Å². The lowest BCUT2D eigenvalue weighted by Crippen LogP contribution is -2.44. The molecule has 0 saturated heterocycles. The number of sulfonamides is 1. The van der Waals surface area contributed by atoms with Gasteiger partial charge in [0.1, 0.15) is 6.54 Å². The molecule has 0 unspecified atom stereocenters. The van der Waals surface area contributed by atoms with E-state index in [1.807, 2.05) is 25.1 Å². The third-order valence-corrected chi connectivity index (χ3v) is 7.81. The van der Waals surface area contributed by atoms with Gasteiger partial charge in [0.25, 0.3) is 10.0 Å². The predicted octanol–water partition coefficient (Wildman–Crippen LogP) is 3.79. The molecular weight excluding hydrogens is 452 g/mol. The first-order valence-corrected chi connectivity index (χ1v) is 12.4. The molecule has 0 bridgehead atoms. The maximum Gasteiger partial charge on any atom is 0.264 e. The van der Waals surface area contributed by atoms with Gasteiger partial charge in [-0.25, -0.2) is 8.42 Å². The summed E-state index contributed by atoms with van der Waals surface area (Å²) in [5.41, 5.74) is 3.57. The van der Waals surface area contributed by atoms with Gasteiger partial charge >= 0.3 is 0 Å². The highest BCUT2D eigenvalue weighted by molar-refractivity contribution is 7.92. The molecule has 0 aliphatic carbocycles. The number of carbonyl (C=O) groups excluding carboxylic acids is 1. The second-order valence-corrected chi connectivity index (χ2v) is 10.1. The molecule has 178 valence electrons. The Bertz CT molecular complexity index is 1290. The van der Waals surface area contributed by atoms with Crippen molar-refractivity contribution in [2.24, 2.45) is 0 Å². The highest BCUT2D eigenvalue weighted by Gasteiger charge is 2.30. The summed E-state index contributed by atoms with van der Waals surface area (Å²) in [7, 11) is -1.03. The van der Waals surface area contributed by atoms with Crippen LogP contribution in [-0.4, -0.2) is 46.5 Å². The first-order valence-electron chi connectivity index (χ1n) is 11.0. The van der Waals surface area contributed by atoms with E-state index in [-0.39, 0.29) is 17.3 Å². The van der Waals surface area contributed by atoms with E-state index in [9.17, 15) is 13.2 Å². The number of fused-ring (bicyclic) bond motifs is 1. The molecule has 8 heteroatoms. The van der Waals surface area contributed by atoms with E-state index >= 15 is 0 Å². The standard InChI is InChI=1S/C26H28N2O5S/c1-19-8-11-23(12-9-19)34(30,31)28(22-10-13-24(32-2)25(16-22)33-3)18-26(29)27-15-14-20-6-4-5-7-21(20)17-27/h4-13,16H,14-15,17-18H2,1-3H3. The summed E-state index contributed by atoms with van der Waals surface area (Å²) < 4.78 is 39.2. The van der Waals surface area contributed by atoms with Crippen LogP contribution in [0.15, 0.2) is 71.6 Å². The number of rotatable bonds is 7. The molecular formula is C26H28N2O5S. The Balaban J connectivity index is 1.69. The maximum atomic E-state index is 13.7. The molecule has 0 atom stereocenters. The predicted molar refractivity (Wildman–Crippen MR) is 131 cm³/mol. The summed E-state index contributed by atoms with van der Waals surface area (Å²) in [5, 5.41) is 0. The molecule has 3 aromatic carbocycles. The van der Waals surface area contributed by atoms with Gasteiger partial charge in [0.05, 0.1) is 24.8 Å². The third kappa shape index (κ3) is 4.72. The molecule has 0 N–H and O–H groups in total. The molecule has 0 radical (unpaired) electrons. The number of nitrogens with zero attached hydrogens (tertiary/aromatic N) is 2. The molecule has 7 nitrogen and oxygen atoms in total. The number of methoxy groups -OCH3 is 2. The Labute approximate surface area is 200 Å². The van der Waals surface area contributed by atoms with Crippen molar-refractivity contribution in [1.29, 1.82) is 0 Å². The molecule has 0 aromatic heterocycles. The monoisotopic (exact) mass is 480 g/mol. The molecule has 1 aliphatic heterocycles. The molecule has 0 fully saturated rings. The highest BCUT2D eigenvalue weighted by atomic mass is 32.2. The lowest BCUT2D eigenvalue weighted by Gasteiger charge is -2.32. The van der Waals surface area contributed by atoms with Gasteiger partial charge in [-0.3, -0.25) is 9.10 Å². The van der Waals surface area contributed by atoms with Crippen molar-refractivity contribution in [2.45, 2.75) is 24.8 Å². The zero-order chi connectivity index (χ0) is 24.3. The van der Waals surface area contributed by atoms with Crippen LogP contribution >= 0.6 is 0 Å². The van der Waals surface area contributed by atoms with Crippen LogP contribution in [0.25, 0.3) is 0 Å². The number of ether oxygens (including phenoxy) is 2. The fourth-order valence-corrected chi connectivity index (χ4v) is 5.47. The normalized spacial score (nSPS) is 13.2. The average Bonchev–Trinajstić information content (AvgIpc) is 2.86. The molecule has 0 spiro atoms. The van der Waals surface area contributed by atoms with Gasteiger partial charge in [-0.1, -0.05) is 42.0 Å². The van der Waals surface area contributed by atoms with Crippen LogP contribution in [0.5, 0.6) is 11.5 Å². The van der Waals surface area contributed by atoms with Crippen molar-refractivity contribution in [3.63, 3.8) is 0 Å². The van der Waals surface area contributed by atoms with E-state index in [1.54, 1.807) is 47.4 Å². The van der Waals surface area contributed by atoms with Crippen molar-refractivity contribution in [1.82, 2.24) is 4.90 Å². The van der Waals surface area contributed by atoms with Gasteiger partial charge in [0, 0.05) is 19.2 Å². The number of hydrogen-bond donors (Lipinski definition) is 0. The van der Waals surface area contributed by atoms with Crippen LogP contribution in [0.1, 0.15) is 16.7 Å². The van der Waals surface area contributed by atoms with Crippen LogP contribution in [0, 0.1) is 6.92 Å². The third-order valence-electron chi connectivity index (χ3n) is 6.03. The van der Waals surface area contributed by atoms with Gasteiger partial charge in [-0.2, -0.15) is 0 Å². The van der Waals surface area contributed by atoms with Gasteiger partial charge < -0.3 is 14.4 Å². The fourth-order valence-electron chi connectivity index (χ4n) is 4.06. The van der Waals surface area contributed by atoms with Crippen LogP contribution < -0.4 is 13.8 Å². The molecule has 3 aromatic rings. The summed E-state index contributed by atoms with van der Waals surface area (Å²) in [4.78, 5) is 15.2. The van der Waals surface area contributed by atoms with E-state index < -0.39 is 10.0 Å². The first kappa shape index (κ1) is 23.6. The van der Waals surface area contributed by atoms with Crippen LogP contribution in [-0.2, 0) is 27.8 Å². The summed E-state index contributed by atoms with van der Waals surface area (Å²) >= 11 is 0. The molecule has 1 aliphatic rings. The van der Waals surface area contributed by atoms with E-state index in [4.69, 9.17) is 9.47 Å². The minimum absolute atomic E-state index is 0.115. The smallest absolute Gasteiger partial charge is 0.264 e. The molecule has 1 amide bonds. The first-order chi connectivity index (χ1) is 16.3. The van der Waals surface area contributed by atoms with Gasteiger partial charge in [-0.05, 0) is 48.7 Å². The van der Waals surface area contributed by atoms with Gasteiger partial charge in [0.2, 0.25) is 5.91 Å². The van der Waals surface area contributed by atoms with Crippen molar-refractivity contribution < 1.29 is 22.7 Å². The highest BCUT2D eigenvalue weighted by Crippen LogP contribution is 2.34. The van der Waals surface area contributed by atoms with Crippen molar-refractivity contribution in [2.75, 3.05) is 31.6 Å². The van der Waals surface area contributed by atoms with Crippen LogP contribution in [0.4, 0.5) is 5.69 Å².